The van der Waals surface area contributed by atoms with E-state index < -0.39 is 40.2 Å². The number of carbonyl (C=O) groups is 3. The predicted molar refractivity (Wildman–Crippen MR) is 122 cm³/mol. The Kier molecular flexibility index (Phi) is 6.51. The molecule has 0 bridgehead atoms. The number of hydrogen-bond donors (Lipinski definition) is 2. The van der Waals surface area contributed by atoms with Gasteiger partial charge in [-0.1, -0.05) is 0 Å². The number of rotatable bonds is 7. The zero-order chi connectivity index (χ0) is 21.7. The predicted octanol–water partition coefficient (Wildman–Crippen LogP) is 3.52. The number of benzene rings is 3. The van der Waals surface area contributed by atoms with E-state index in [4.69, 9.17) is 0 Å². The molecule has 3 aromatic carbocycles. The minimum absolute atomic E-state index is 0.452. The van der Waals surface area contributed by atoms with Crippen molar-refractivity contribution in [3.05, 3.63) is 108 Å². The molecule has 0 saturated carbocycles. The molecular formula is C25H24N2O3Sn. The zero-order valence-corrected chi connectivity index (χ0v) is 19.9. The van der Waals surface area contributed by atoms with Crippen LogP contribution in [0.2, 0.25) is 3.93 Å². The Morgan fingerprint density at radius 3 is 1.19 bits per heavy atom. The Morgan fingerprint density at radius 2 is 0.871 bits per heavy atom. The van der Waals surface area contributed by atoms with Crippen molar-refractivity contribution in [1.82, 2.24) is 10.6 Å². The first-order valence-corrected chi connectivity index (χ1v) is 18.0. The van der Waals surface area contributed by atoms with E-state index in [1.54, 1.807) is 0 Å². The molecule has 0 aliphatic carbocycles. The summed E-state index contributed by atoms with van der Waals surface area (Å²) in [6.45, 7) is 0. The Morgan fingerprint density at radius 1 is 0.548 bits per heavy atom. The van der Waals surface area contributed by atoms with Gasteiger partial charge < -0.3 is 0 Å². The summed E-state index contributed by atoms with van der Waals surface area (Å²) in [5, 5.41) is 4.73. The van der Waals surface area contributed by atoms with Gasteiger partial charge in [0.25, 0.3) is 0 Å². The average molecular weight is 519 g/mol. The zero-order valence-electron chi connectivity index (χ0n) is 17.1. The molecule has 5 nitrogen and oxygen atoms in total. The maximum absolute atomic E-state index is 13.1. The first-order chi connectivity index (χ1) is 15.1. The van der Waals surface area contributed by atoms with Gasteiger partial charge in [-0.25, -0.2) is 0 Å². The summed E-state index contributed by atoms with van der Waals surface area (Å²) >= 11 is -3.77. The van der Waals surface area contributed by atoms with Crippen molar-refractivity contribution in [3.63, 3.8) is 0 Å². The van der Waals surface area contributed by atoms with E-state index in [9.17, 15) is 14.4 Å². The van der Waals surface area contributed by atoms with Gasteiger partial charge in [0, 0.05) is 0 Å². The van der Waals surface area contributed by atoms with Crippen molar-refractivity contribution in [3.8, 4) is 0 Å². The van der Waals surface area contributed by atoms with Crippen LogP contribution in [0, 0.1) is 0 Å². The van der Waals surface area contributed by atoms with Crippen molar-refractivity contribution in [2.24, 2.45) is 0 Å². The fraction of sp³-hybridized carbons (Fsp3) is 0.160. The van der Waals surface area contributed by atoms with Gasteiger partial charge in [0.1, 0.15) is 0 Å². The van der Waals surface area contributed by atoms with Gasteiger partial charge in [-0.3, -0.25) is 0 Å². The van der Waals surface area contributed by atoms with E-state index in [0.717, 1.165) is 30.0 Å². The number of hydrogen-bond acceptors (Lipinski definition) is 3. The Hall–Kier alpha value is -2.93. The molecule has 6 heteroatoms. The van der Waals surface area contributed by atoms with Crippen LogP contribution in [0.5, 0.6) is 0 Å². The molecule has 0 radical (unpaired) electrons. The molecule has 0 aromatic heterocycles. The standard InChI is InChI=1S/3C7H7.C4H3N2O3.Sn/c3*1-7-5-3-2-4-6-7;7-2-1-3(8)6-4(9)5-2;/h3*2-6H,1H2;1H,(H2,5,6,7,8,9);. The van der Waals surface area contributed by atoms with Crippen LogP contribution in [0.25, 0.3) is 0 Å². The van der Waals surface area contributed by atoms with Crippen LogP contribution in [0.1, 0.15) is 16.7 Å². The molecule has 3 aromatic rings. The number of nitrogens with one attached hydrogen (secondary N) is 2. The number of amides is 4. The van der Waals surface area contributed by atoms with Gasteiger partial charge in [0.05, 0.1) is 0 Å². The average Bonchev–Trinajstić information content (AvgIpc) is 2.75. The van der Waals surface area contributed by atoms with E-state index in [1.165, 1.54) is 0 Å². The molecule has 1 saturated heterocycles. The molecule has 156 valence electrons. The molecule has 1 fully saturated rings. The molecule has 31 heavy (non-hydrogen) atoms. The topological polar surface area (TPSA) is 75.3 Å². The third kappa shape index (κ3) is 5.04. The molecule has 0 spiro atoms. The summed E-state index contributed by atoms with van der Waals surface area (Å²) in [6.07, 6.45) is 0. The normalized spacial score (nSPS) is 14.8. The van der Waals surface area contributed by atoms with Crippen LogP contribution in [0.4, 0.5) is 4.79 Å². The van der Waals surface area contributed by atoms with E-state index in [-0.39, 0.29) is 0 Å². The fourth-order valence-electron chi connectivity index (χ4n) is 4.58. The van der Waals surface area contributed by atoms with Crippen LogP contribution in [0.15, 0.2) is 91.0 Å². The Bertz CT molecular complexity index is 950. The quantitative estimate of drug-likeness (QED) is 0.371. The van der Waals surface area contributed by atoms with Gasteiger partial charge in [-0.2, -0.15) is 0 Å². The SMILES string of the molecule is O=C1NC(=O)[CH]([Sn]([CH2]c2ccccc2)([CH2]c2ccccc2)[CH2]c2ccccc2)C(=O)N1. The van der Waals surface area contributed by atoms with Gasteiger partial charge in [-0.05, 0) is 0 Å². The summed E-state index contributed by atoms with van der Waals surface area (Å²) in [5.74, 6) is -0.903. The maximum atomic E-state index is 13.1. The number of carbonyl (C=O) groups excluding carboxylic acids is 3. The van der Waals surface area contributed by atoms with Crippen LogP contribution >= 0.6 is 0 Å². The molecule has 4 rings (SSSR count). The molecule has 0 atom stereocenters. The summed E-state index contributed by atoms with van der Waals surface area (Å²) in [6, 6.07) is 29.5. The second kappa shape index (κ2) is 9.47. The first kappa shape index (κ1) is 21.3. The second-order valence-corrected chi connectivity index (χ2v) is 20.5. The molecule has 2 N–H and O–H groups in total. The molecule has 1 aliphatic heterocycles. The molecule has 1 heterocycles. The van der Waals surface area contributed by atoms with Crippen LogP contribution in [0.3, 0.4) is 0 Å². The third-order valence-electron chi connectivity index (χ3n) is 5.81. The van der Waals surface area contributed by atoms with Crippen LogP contribution < -0.4 is 10.6 Å². The summed E-state index contributed by atoms with van der Waals surface area (Å²) in [4.78, 5) is 38.0. The van der Waals surface area contributed by atoms with E-state index in [2.05, 4.69) is 47.0 Å². The number of imide groups is 2. The molecule has 0 unspecified atom stereocenters. The second-order valence-electron chi connectivity index (χ2n) is 8.09. The third-order valence-corrected chi connectivity index (χ3v) is 20.3. The monoisotopic (exact) mass is 520 g/mol. The summed E-state index contributed by atoms with van der Waals surface area (Å²) in [5.41, 5.74) is 3.38. The Balaban J connectivity index is 1.84. The summed E-state index contributed by atoms with van der Waals surface area (Å²) < 4.78 is 1.37. The number of urea groups is 1. The van der Waals surface area contributed by atoms with Crippen molar-refractivity contribution in [1.29, 1.82) is 0 Å². The minimum atomic E-state index is -3.77. The van der Waals surface area contributed by atoms with E-state index >= 15 is 0 Å². The van der Waals surface area contributed by atoms with Gasteiger partial charge >= 0.3 is 186 Å². The van der Waals surface area contributed by atoms with E-state index in [1.807, 2.05) is 54.6 Å². The first-order valence-electron chi connectivity index (χ1n) is 10.3. The molecule has 1 aliphatic rings. The molecular weight excluding hydrogens is 495 g/mol. The van der Waals surface area contributed by atoms with Crippen molar-refractivity contribution in [2.45, 2.75) is 17.2 Å². The van der Waals surface area contributed by atoms with Crippen LogP contribution in [-0.4, -0.2) is 36.2 Å². The fourth-order valence-corrected chi connectivity index (χ4v) is 20.0. The van der Waals surface area contributed by atoms with Gasteiger partial charge in [0.2, 0.25) is 0 Å². The van der Waals surface area contributed by atoms with Gasteiger partial charge in [-0.15, -0.1) is 0 Å². The van der Waals surface area contributed by atoms with Crippen LogP contribution in [-0.2, 0) is 22.9 Å². The Labute approximate surface area is 185 Å². The van der Waals surface area contributed by atoms with Crippen molar-refractivity contribution in [2.75, 3.05) is 0 Å². The number of barbiturate groups is 1. The van der Waals surface area contributed by atoms with Crippen molar-refractivity contribution >= 4 is 36.2 Å². The summed E-state index contributed by atoms with van der Waals surface area (Å²) in [7, 11) is 0. The molecule has 4 amide bonds. The van der Waals surface area contributed by atoms with Gasteiger partial charge in [0.15, 0.2) is 0 Å². The van der Waals surface area contributed by atoms with E-state index in [0.29, 0.717) is 0 Å². The van der Waals surface area contributed by atoms with Crippen molar-refractivity contribution < 1.29 is 14.4 Å².